The number of aromatic nitrogens is 1. The number of hydrogen-bond acceptors (Lipinski definition) is 1. The van der Waals surface area contributed by atoms with Gasteiger partial charge in [0.2, 0.25) is 0 Å². The number of pyridine rings is 1. The monoisotopic (exact) mass is 369 g/mol. The summed E-state index contributed by atoms with van der Waals surface area (Å²) in [6.07, 6.45) is 0. The molecule has 1 aliphatic carbocycles. The van der Waals surface area contributed by atoms with E-state index >= 15 is 0 Å². The van der Waals surface area contributed by atoms with Crippen molar-refractivity contribution in [2.24, 2.45) is 0 Å². The van der Waals surface area contributed by atoms with Gasteiger partial charge in [-0.05, 0) is 64.1 Å². The maximum Gasteiger partial charge on any atom is 0.0722 e. The molecule has 0 fully saturated rings. The maximum absolute atomic E-state index is 5.05. The van der Waals surface area contributed by atoms with E-state index < -0.39 is 0 Å². The maximum atomic E-state index is 5.05. The Morgan fingerprint density at radius 1 is 0.517 bits per heavy atom. The first-order valence-corrected chi connectivity index (χ1v) is 9.99. The first-order chi connectivity index (χ1) is 14.3. The number of fused-ring (bicyclic) bond motifs is 3. The lowest BCUT2D eigenvalue weighted by Crippen LogP contribution is -1.89. The van der Waals surface area contributed by atoms with Crippen LogP contribution in [-0.2, 0) is 0 Å². The Labute approximate surface area is 170 Å². The van der Waals surface area contributed by atoms with Gasteiger partial charge < -0.3 is 0 Å². The van der Waals surface area contributed by atoms with Crippen LogP contribution in [0.25, 0.3) is 55.5 Å². The molecule has 1 nitrogen and oxygen atoms in total. The molecule has 5 aromatic rings. The quantitative estimate of drug-likeness (QED) is 0.307. The summed E-state index contributed by atoms with van der Waals surface area (Å²) in [4.78, 5) is 5.05. The zero-order valence-corrected chi connectivity index (χ0v) is 16.2. The van der Waals surface area contributed by atoms with Crippen LogP contribution in [0, 0.1) is 6.92 Å². The van der Waals surface area contributed by atoms with Crippen LogP contribution in [0.2, 0.25) is 0 Å². The molecule has 1 heteroatoms. The fraction of sp³-hybridized carbons (Fsp3) is 0.0357. The highest BCUT2D eigenvalue weighted by Crippen LogP contribution is 2.47. The van der Waals surface area contributed by atoms with Crippen LogP contribution in [0.3, 0.4) is 0 Å². The van der Waals surface area contributed by atoms with Crippen molar-refractivity contribution < 1.29 is 0 Å². The van der Waals surface area contributed by atoms with E-state index in [4.69, 9.17) is 4.98 Å². The predicted octanol–water partition coefficient (Wildman–Crippen LogP) is 7.52. The molecule has 0 bridgehead atoms. The summed E-state index contributed by atoms with van der Waals surface area (Å²) >= 11 is 0. The van der Waals surface area contributed by atoms with Crippen LogP contribution in [0.15, 0.2) is 97.1 Å². The summed E-state index contributed by atoms with van der Waals surface area (Å²) in [5.74, 6) is 0. The smallest absolute Gasteiger partial charge is 0.0722 e. The summed E-state index contributed by atoms with van der Waals surface area (Å²) in [6.45, 7) is 2.16. The van der Waals surface area contributed by atoms with Gasteiger partial charge in [0.05, 0.1) is 11.2 Å². The summed E-state index contributed by atoms with van der Waals surface area (Å²) in [5.41, 5.74) is 12.2. The van der Waals surface area contributed by atoms with Crippen molar-refractivity contribution in [1.82, 2.24) is 4.98 Å². The third kappa shape index (κ3) is 2.44. The minimum atomic E-state index is 1.02. The van der Waals surface area contributed by atoms with Gasteiger partial charge in [-0.1, -0.05) is 78.9 Å². The minimum absolute atomic E-state index is 1.02. The standard InChI is InChI=1S/C28H19N/c1-18-8-2-3-11-21(18)19-9-6-10-20(16-19)27-17-25-23-13-5-4-12-22(23)24-14-7-15-26(29-27)28(24)25/h2-17H,1H3. The Kier molecular flexibility index (Phi) is 3.45. The van der Waals surface area contributed by atoms with Gasteiger partial charge in [-0.3, -0.25) is 0 Å². The van der Waals surface area contributed by atoms with Gasteiger partial charge in [-0.15, -0.1) is 0 Å². The Morgan fingerprint density at radius 2 is 1.17 bits per heavy atom. The Bertz CT molecular complexity index is 1410. The van der Waals surface area contributed by atoms with Gasteiger partial charge in [0.15, 0.2) is 0 Å². The van der Waals surface area contributed by atoms with Gasteiger partial charge in [0.1, 0.15) is 0 Å². The second-order valence-electron chi connectivity index (χ2n) is 7.70. The minimum Gasteiger partial charge on any atom is -0.248 e. The normalized spacial score (nSPS) is 11.6. The lowest BCUT2D eigenvalue weighted by molar-refractivity contribution is 1.40. The summed E-state index contributed by atoms with van der Waals surface area (Å²) in [6, 6.07) is 34.6. The van der Waals surface area contributed by atoms with Gasteiger partial charge >= 0.3 is 0 Å². The van der Waals surface area contributed by atoms with E-state index in [9.17, 15) is 0 Å². The predicted molar refractivity (Wildman–Crippen MR) is 122 cm³/mol. The largest absolute Gasteiger partial charge is 0.248 e. The molecule has 0 spiro atoms. The molecule has 0 saturated heterocycles. The molecule has 6 rings (SSSR count). The molecule has 0 N–H and O–H groups in total. The number of nitrogens with zero attached hydrogens (tertiary/aromatic N) is 1. The SMILES string of the molecule is Cc1ccccc1-c1cccc(-c2cc3c4c(cccc4n2)-c2ccccc2-3)c1. The molecule has 1 aromatic heterocycles. The molecule has 0 aliphatic heterocycles. The van der Waals surface area contributed by atoms with Gasteiger partial charge in [-0.2, -0.15) is 0 Å². The van der Waals surface area contributed by atoms with E-state index in [1.54, 1.807) is 0 Å². The Hall–Kier alpha value is -3.71. The molecule has 0 amide bonds. The van der Waals surface area contributed by atoms with Crippen molar-refractivity contribution in [2.45, 2.75) is 6.92 Å². The fourth-order valence-electron chi connectivity index (χ4n) is 4.57. The molecule has 0 atom stereocenters. The van der Waals surface area contributed by atoms with E-state index in [-0.39, 0.29) is 0 Å². The Morgan fingerprint density at radius 3 is 2.00 bits per heavy atom. The first kappa shape index (κ1) is 16.3. The van der Waals surface area contributed by atoms with Gasteiger partial charge in [-0.25, -0.2) is 4.98 Å². The molecule has 4 aromatic carbocycles. The topological polar surface area (TPSA) is 12.9 Å². The molecule has 0 unspecified atom stereocenters. The third-order valence-corrected chi connectivity index (χ3v) is 5.96. The second-order valence-corrected chi connectivity index (χ2v) is 7.70. The van der Waals surface area contributed by atoms with Crippen molar-refractivity contribution >= 4 is 10.9 Å². The van der Waals surface area contributed by atoms with E-state index in [1.165, 1.54) is 44.3 Å². The van der Waals surface area contributed by atoms with Gasteiger partial charge in [0, 0.05) is 10.9 Å². The molecular formula is C28H19N. The molecule has 1 heterocycles. The molecule has 0 radical (unpaired) electrons. The lowest BCUT2D eigenvalue weighted by Gasteiger charge is -2.10. The summed E-state index contributed by atoms with van der Waals surface area (Å²) in [7, 11) is 0. The van der Waals surface area contributed by atoms with Crippen LogP contribution >= 0.6 is 0 Å². The van der Waals surface area contributed by atoms with E-state index in [1.807, 2.05) is 0 Å². The summed E-state index contributed by atoms with van der Waals surface area (Å²) < 4.78 is 0. The van der Waals surface area contributed by atoms with E-state index in [0.29, 0.717) is 0 Å². The van der Waals surface area contributed by atoms with Crippen molar-refractivity contribution in [3.8, 4) is 44.6 Å². The highest BCUT2D eigenvalue weighted by Gasteiger charge is 2.22. The number of aryl methyl sites for hydroxylation is 1. The molecular weight excluding hydrogens is 350 g/mol. The Balaban J connectivity index is 1.58. The van der Waals surface area contributed by atoms with Crippen LogP contribution in [-0.4, -0.2) is 4.98 Å². The fourth-order valence-corrected chi connectivity index (χ4v) is 4.57. The number of rotatable bonds is 2. The number of hydrogen-bond donors (Lipinski definition) is 0. The number of benzene rings is 4. The van der Waals surface area contributed by atoms with Crippen molar-refractivity contribution in [1.29, 1.82) is 0 Å². The average Bonchev–Trinajstić information content (AvgIpc) is 3.10. The highest BCUT2D eigenvalue weighted by molar-refractivity contribution is 6.14. The van der Waals surface area contributed by atoms with Crippen molar-refractivity contribution in [3.63, 3.8) is 0 Å². The lowest BCUT2D eigenvalue weighted by atomic mass is 9.97. The third-order valence-electron chi connectivity index (χ3n) is 5.96. The summed E-state index contributed by atoms with van der Waals surface area (Å²) in [5, 5.41) is 1.27. The van der Waals surface area contributed by atoms with Crippen LogP contribution in [0.1, 0.15) is 5.56 Å². The van der Waals surface area contributed by atoms with E-state index in [0.717, 1.165) is 16.8 Å². The zero-order chi connectivity index (χ0) is 19.4. The molecule has 29 heavy (non-hydrogen) atoms. The van der Waals surface area contributed by atoms with E-state index in [2.05, 4.69) is 104 Å². The van der Waals surface area contributed by atoms with Crippen LogP contribution < -0.4 is 0 Å². The molecule has 1 aliphatic rings. The second kappa shape index (κ2) is 6.15. The molecule has 136 valence electrons. The van der Waals surface area contributed by atoms with Crippen LogP contribution in [0.5, 0.6) is 0 Å². The zero-order valence-electron chi connectivity index (χ0n) is 16.2. The van der Waals surface area contributed by atoms with Gasteiger partial charge in [0.25, 0.3) is 0 Å². The average molecular weight is 369 g/mol. The first-order valence-electron chi connectivity index (χ1n) is 9.99. The van der Waals surface area contributed by atoms with Crippen molar-refractivity contribution in [3.05, 3.63) is 103 Å². The molecule has 0 saturated carbocycles. The van der Waals surface area contributed by atoms with Crippen molar-refractivity contribution in [2.75, 3.05) is 0 Å². The van der Waals surface area contributed by atoms with Crippen LogP contribution in [0.4, 0.5) is 0 Å². The highest BCUT2D eigenvalue weighted by atomic mass is 14.7.